The summed E-state index contributed by atoms with van der Waals surface area (Å²) in [7, 11) is 1.90. The molecule has 0 amide bonds. The normalized spacial score (nSPS) is 11.8. The van der Waals surface area contributed by atoms with Crippen molar-refractivity contribution in [2.24, 2.45) is 0 Å². The Labute approximate surface area is 101 Å². The number of likely N-dealkylation sites (N-methyl/N-ethyl adjacent to an activating group) is 1. The summed E-state index contributed by atoms with van der Waals surface area (Å²) < 4.78 is 0. The van der Waals surface area contributed by atoms with Crippen molar-refractivity contribution in [1.82, 2.24) is 4.90 Å². The van der Waals surface area contributed by atoms with Crippen molar-refractivity contribution in [3.63, 3.8) is 0 Å². The van der Waals surface area contributed by atoms with E-state index >= 15 is 0 Å². The topological polar surface area (TPSA) is 66.6 Å². The summed E-state index contributed by atoms with van der Waals surface area (Å²) in [4.78, 5) is 12.0. The van der Waals surface area contributed by atoms with E-state index in [1.807, 2.05) is 11.9 Å². The summed E-state index contributed by atoms with van der Waals surface area (Å²) in [6.45, 7) is 4.70. The maximum absolute atomic E-state index is 10.5. The van der Waals surface area contributed by atoms with Crippen LogP contribution in [0, 0.1) is 10.1 Å². The molecule has 17 heavy (non-hydrogen) atoms. The summed E-state index contributed by atoms with van der Waals surface area (Å²) in [5.74, 6) is 0. The smallest absolute Gasteiger partial charge is 0.269 e. The zero-order valence-corrected chi connectivity index (χ0v) is 10.4. The van der Waals surface area contributed by atoms with E-state index in [0.717, 1.165) is 5.56 Å². The first kappa shape index (κ1) is 13.6. The van der Waals surface area contributed by atoms with Crippen LogP contribution in [0.4, 0.5) is 5.69 Å². The van der Waals surface area contributed by atoms with E-state index in [2.05, 4.69) is 0 Å². The second kappa shape index (κ2) is 5.25. The molecule has 0 spiro atoms. The minimum absolute atomic E-state index is 0.0962. The molecule has 94 valence electrons. The number of hydrogen-bond donors (Lipinski definition) is 1. The van der Waals surface area contributed by atoms with Crippen LogP contribution in [0.3, 0.4) is 0 Å². The summed E-state index contributed by atoms with van der Waals surface area (Å²) in [5, 5.41) is 20.1. The molecule has 0 radical (unpaired) electrons. The van der Waals surface area contributed by atoms with E-state index in [9.17, 15) is 15.2 Å². The highest BCUT2D eigenvalue weighted by Crippen LogP contribution is 2.14. The van der Waals surface area contributed by atoms with Gasteiger partial charge in [0.05, 0.1) is 10.5 Å². The van der Waals surface area contributed by atoms with Crippen molar-refractivity contribution < 1.29 is 10.0 Å². The van der Waals surface area contributed by atoms with Gasteiger partial charge >= 0.3 is 0 Å². The lowest BCUT2D eigenvalue weighted by Crippen LogP contribution is -2.35. The van der Waals surface area contributed by atoms with E-state index < -0.39 is 10.5 Å². The number of nitro benzene ring substituents is 1. The predicted octanol–water partition coefficient (Wildman–Crippen LogP) is 1.80. The van der Waals surface area contributed by atoms with Gasteiger partial charge in [-0.1, -0.05) is 12.1 Å². The Morgan fingerprint density at radius 3 is 2.29 bits per heavy atom. The van der Waals surface area contributed by atoms with Gasteiger partial charge in [0, 0.05) is 25.2 Å². The highest BCUT2D eigenvalue weighted by Gasteiger charge is 2.15. The molecule has 0 heterocycles. The van der Waals surface area contributed by atoms with Crippen molar-refractivity contribution in [2.75, 3.05) is 13.6 Å². The maximum atomic E-state index is 10.5. The fourth-order valence-electron chi connectivity index (χ4n) is 1.75. The van der Waals surface area contributed by atoms with Crippen molar-refractivity contribution in [3.8, 4) is 0 Å². The van der Waals surface area contributed by atoms with E-state index in [-0.39, 0.29) is 5.69 Å². The van der Waals surface area contributed by atoms with E-state index in [0.29, 0.717) is 13.1 Å². The van der Waals surface area contributed by atoms with Crippen LogP contribution in [0.5, 0.6) is 0 Å². The van der Waals surface area contributed by atoms with Gasteiger partial charge in [-0.2, -0.15) is 0 Å². The summed E-state index contributed by atoms with van der Waals surface area (Å²) in [5.41, 5.74) is 0.344. The Morgan fingerprint density at radius 2 is 1.88 bits per heavy atom. The Hall–Kier alpha value is -1.46. The van der Waals surface area contributed by atoms with Crippen LogP contribution >= 0.6 is 0 Å². The molecule has 0 aliphatic carbocycles. The quantitative estimate of drug-likeness (QED) is 0.627. The van der Waals surface area contributed by atoms with Gasteiger partial charge in [-0.25, -0.2) is 0 Å². The first-order valence-corrected chi connectivity index (χ1v) is 5.42. The van der Waals surface area contributed by atoms with Crippen molar-refractivity contribution in [3.05, 3.63) is 39.9 Å². The third-order valence-electron chi connectivity index (χ3n) is 2.26. The summed E-state index contributed by atoms with van der Waals surface area (Å²) in [6.07, 6.45) is 0. The number of nitrogens with zero attached hydrogens (tertiary/aromatic N) is 2. The average Bonchev–Trinajstić information content (AvgIpc) is 2.15. The number of hydrogen-bond acceptors (Lipinski definition) is 4. The summed E-state index contributed by atoms with van der Waals surface area (Å²) in [6, 6.07) is 6.46. The van der Waals surface area contributed by atoms with Crippen LogP contribution in [-0.4, -0.2) is 34.1 Å². The van der Waals surface area contributed by atoms with E-state index in [4.69, 9.17) is 0 Å². The molecule has 0 unspecified atom stereocenters. The lowest BCUT2D eigenvalue weighted by molar-refractivity contribution is -0.384. The highest BCUT2D eigenvalue weighted by atomic mass is 16.6. The third-order valence-corrected chi connectivity index (χ3v) is 2.26. The van der Waals surface area contributed by atoms with Gasteiger partial charge in [0.2, 0.25) is 0 Å². The molecule has 5 nitrogen and oxygen atoms in total. The van der Waals surface area contributed by atoms with Gasteiger partial charge in [-0.15, -0.1) is 0 Å². The molecule has 0 atom stereocenters. The number of nitro groups is 1. The SMILES string of the molecule is CN(Cc1ccc([N+](=O)[O-])cc1)CC(C)(C)O. The largest absolute Gasteiger partial charge is 0.389 e. The van der Waals surface area contributed by atoms with Gasteiger partial charge in [-0.05, 0) is 26.5 Å². The number of non-ortho nitro benzene ring substituents is 1. The average molecular weight is 238 g/mol. The first-order chi connectivity index (χ1) is 7.78. The van der Waals surface area contributed by atoms with Gasteiger partial charge in [0.1, 0.15) is 0 Å². The van der Waals surface area contributed by atoms with Crippen molar-refractivity contribution in [2.45, 2.75) is 26.0 Å². The molecule has 1 aromatic rings. The minimum Gasteiger partial charge on any atom is -0.389 e. The fourth-order valence-corrected chi connectivity index (χ4v) is 1.75. The molecular weight excluding hydrogens is 220 g/mol. The lowest BCUT2D eigenvalue weighted by Gasteiger charge is -2.25. The molecule has 0 aliphatic rings. The Kier molecular flexibility index (Phi) is 4.20. The maximum Gasteiger partial charge on any atom is 0.269 e. The molecule has 1 aromatic carbocycles. The molecule has 0 aromatic heterocycles. The van der Waals surface area contributed by atoms with E-state index in [1.54, 1.807) is 26.0 Å². The fraction of sp³-hybridized carbons (Fsp3) is 0.500. The lowest BCUT2D eigenvalue weighted by atomic mass is 10.1. The molecule has 0 fully saturated rings. The van der Waals surface area contributed by atoms with Crippen LogP contribution < -0.4 is 0 Å². The zero-order valence-electron chi connectivity index (χ0n) is 10.4. The second-order valence-electron chi connectivity index (χ2n) is 4.91. The molecule has 5 heteroatoms. The molecule has 0 saturated carbocycles. The number of rotatable bonds is 5. The number of aliphatic hydroxyl groups is 1. The zero-order chi connectivity index (χ0) is 13.1. The van der Waals surface area contributed by atoms with Crippen LogP contribution in [0.25, 0.3) is 0 Å². The Morgan fingerprint density at radius 1 is 1.35 bits per heavy atom. The Bertz CT molecular complexity index is 382. The highest BCUT2D eigenvalue weighted by molar-refractivity contribution is 5.32. The monoisotopic (exact) mass is 238 g/mol. The number of benzene rings is 1. The molecule has 0 bridgehead atoms. The molecule has 0 saturated heterocycles. The standard InChI is InChI=1S/C12H18N2O3/c1-12(2,15)9-13(3)8-10-4-6-11(7-5-10)14(16)17/h4-7,15H,8-9H2,1-3H3. The van der Waals surface area contributed by atoms with Gasteiger partial charge in [0.25, 0.3) is 5.69 Å². The molecule has 1 N–H and O–H groups in total. The van der Waals surface area contributed by atoms with Crippen molar-refractivity contribution in [1.29, 1.82) is 0 Å². The predicted molar refractivity (Wildman–Crippen MR) is 65.7 cm³/mol. The van der Waals surface area contributed by atoms with Gasteiger partial charge in [-0.3, -0.25) is 15.0 Å². The second-order valence-corrected chi connectivity index (χ2v) is 4.91. The molecule has 0 aliphatic heterocycles. The molecular formula is C12H18N2O3. The van der Waals surface area contributed by atoms with E-state index in [1.165, 1.54) is 12.1 Å². The summed E-state index contributed by atoms with van der Waals surface area (Å²) >= 11 is 0. The molecule has 1 rings (SSSR count). The van der Waals surface area contributed by atoms with Crippen LogP contribution in [0.15, 0.2) is 24.3 Å². The minimum atomic E-state index is -0.741. The first-order valence-electron chi connectivity index (χ1n) is 5.42. The van der Waals surface area contributed by atoms with Crippen molar-refractivity contribution >= 4 is 5.69 Å². The Balaban J connectivity index is 2.60. The van der Waals surface area contributed by atoms with Gasteiger partial charge in [0.15, 0.2) is 0 Å². The van der Waals surface area contributed by atoms with Crippen LogP contribution in [0.2, 0.25) is 0 Å². The van der Waals surface area contributed by atoms with Crippen LogP contribution in [-0.2, 0) is 6.54 Å². The third kappa shape index (κ3) is 4.93. The van der Waals surface area contributed by atoms with Gasteiger partial charge < -0.3 is 5.11 Å². The van der Waals surface area contributed by atoms with Crippen LogP contribution in [0.1, 0.15) is 19.4 Å².